The van der Waals surface area contributed by atoms with Gasteiger partial charge in [-0.3, -0.25) is 19.1 Å². The lowest BCUT2D eigenvalue weighted by Gasteiger charge is -2.36. The van der Waals surface area contributed by atoms with Crippen molar-refractivity contribution in [3.8, 4) is 0 Å². The molecule has 4 rings (SSSR count). The standard InChI is InChI=1S/C21H22ClN5O2/c22-16-6-2-4-8-18(16)26-11-9-25(10-12-26)14-20-24-17-7-3-1-5-15(17)21(29)27(20)13-19(23)28/h1-8H,9-14H2,(H2,23,28). The Morgan fingerprint density at radius 2 is 1.72 bits per heavy atom. The topological polar surface area (TPSA) is 84.5 Å². The summed E-state index contributed by atoms with van der Waals surface area (Å²) in [7, 11) is 0. The van der Waals surface area contributed by atoms with Gasteiger partial charge in [-0.15, -0.1) is 0 Å². The van der Waals surface area contributed by atoms with Crippen LogP contribution in [0.3, 0.4) is 0 Å². The number of aromatic nitrogens is 2. The molecule has 1 aliphatic rings. The number of nitrogens with two attached hydrogens (primary N) is 1. The summed E-state index contributed by atoms with van der Waals surface area (Å²) < 4.78 is 1.39. The molecule has 0 saturated carbocycles. The van der Waals surface area contributed by atoms with Crippen molar-refractivity contribution in [1.29, 1.82) is 0 Å². The molecule has 150 valence electrons. The van der Waals surface area contributed by atoms with Crippen molar-refractivity contribution in [2.45, 2.75) is 13.1 Å². The molecule has 0 unspecified atom stereocenters. The second-order valence-corrected chi connectivity index (χ2v) is 7.52. The third kappa shape index (κ3) is 4.11. The van der Waals surface area contributed by atoms with Crippen molar-refractivity contribution in [3.63, 3.8) is 0 Å². The van der Waals surface area contributed by atoms with E-state index in [1.807, 2.05) is 36.4 Å². The van der Waals surface area contributed by atoms with E-state index in [1.54, 1.807) is 12.1 Å². The summed E-state index contributed by atoms with van der Waals surface area (Å²) in [6.07, 6.45) is 0. The first-order valence-electron chi connectivity index (χ1n) is 9.51. The Bertz CT molecular complexity index is 1110. The maximum absolute atomic E-state index is 12.9. The molecule has 7 nitrogen and oxygen atoms in total. The summed E-state index contributed by atoms with van der Waals surface area (Å²) >= 11 is 6.32. The Balaban J connectivity index is 1.56. The van der Waals surface area contributed by atoms with Gasteiger partial charge in [0.25, 0.3) is 5.56 Å². The van der Waals surface area contributed by atoms with E-state index in [4.69, 9.17) is 17.3 Å². The highest BCUT2D eigenvalue weighted by Gasteiger charge is 2.21. The molecule has 3 aromatic rings. The van der Waals surface area contributed by atoms with Gasteiger partial charge in [0.15, 0.2) is 0 Å². The first-order valence-corrected chi connectivity index (χ1v) is 9.89. The molecule has 2 aromatic carbocycles. The van der Waals surface area contributed by atoms with Crippen LogP contribution in [0, 0.1) is 0 Å². The molecule has 0 bridgehead atoms. The van der Waals surface area contributed by atoms with Crippen molar-refractivity contribution < 1.29 is 4.79 Å². The summed E-state index contributed by atoms with van der Waals surface area (Å²) in [6, 6.07) is 15.0. The molecule has 29 heavy (non-hydrogen) atoms. The lowest BCUT2D eigenvalue weighted by molar-refractivity contribution is -0.118. The minimum absolute atomic E-state index is 0.175. The number of carbonyl (C=O) groups excluding carboxylic acids is 1. The summed E-state index contributed by atoms with van der Waals surface area (Å²) in [5.74, 6) is -0.00679. The summed E-state index contributed by atoms with van der Waals surface area (Å²) in [4.78, 5) is 33.5. The smallest absolute Gasteiger partial charge is 0.261 e. The molecular formula is C21H22ClN5O2. The van der Waals surface area contributed by atoms with Crippen LogP contribution in [0.5, 0.6) is 0 Å². The number of nitrogens with zero attached hydrogens (tertiary/aromatic N) is 4. The number of hydrogen-bond donors (Lipinski definition) is 1. The van der Waals surface area contributed by atoms with E-state index in [0.29, 0.717) is 23.3 Å². The fourth-order valence-corrected chi connectivity index (χ4v) is 3.96. The van der Waals surface area contributed by atoms with Crippen LogP contribution < -0.4 is 16.2 Å². The molecule has 1 amide bonds. The average Bonchev–Trinajstić information content (AvgIpc) is 2.72. The molecule has 2 heterocycles. The zero-order chi connectivity index (χ0) is 20.4. The third-order valence-electron chi connectivity index (χ3n) is 5.19. The number of carbonyl (C=O) groups is 1. The minimum atomic E-state index is -0.561. The lowest BCUT2D eigenvalue weighted by atomic mass is 10.2. The van der Waals surface area contributed by atoms with Crippen LogP contribution in [0.15, 0.2) is 53.3 Å². The zero-order valence-electron chi connectivity index (χ0n) is 15.9. The van der Waals surface area contributed by atoms with Crippen LogP contribution in [-0.2, 0) is 17.9 Å². The van der Waals surface area contributed by atoms with Crippen molar-refractivity contribution in [3.05, 3.63) is 69.7 Å². The van der Waals surface area contributed by atoms with Gasteiger partial charge >= 0.3 is 0 Å². The summed E-state index contributed by atoms with van der Waals surface area (Å²) in [5, 5.41) is 1.23. The summed E-state index contributed by atoms with van der Waals surface area (Å²) in [6.45, 7) is 3.53. The van der Waals surface area contributed by atoms with Gasteiger partial charge in [0, 0.05) is 26.2 Å². The first-order chi connectivity index (χ1) is 14.0. The second-order valence-electron chi connectivity index (χ2n) is 7.12. The van der Waals surface area contributed by atoms with E-state index in [-0.39, 0.29) is 12.1 Å². The van der Waals surface area contributed by atoms with Crippen LogP contribution in [0.25, 0.3) is 10.9 Å². The van der Waals surface area contributed by atoms with Crippen molar-refractivity contribution >= 4 is 34.1 Å². The average molecular weight is 412 g/mol. The highest BCUT2D eigenvalue weighted by molar-refractivity contribution is 6.33. The predicted octanol–water partition coefficient (Wildman–Crippen LogP) is 1.86. The van der Waals surface area contributed by atoms with Crippen LogP contribution in [-0.4, -0.2) is 46.5 Å². The number of piperazine rings is 1. The van der Waals surface area contributed by atoms with Gasteiger partial charge in [-0.1, -0.05) is 35.9 Å². The molecule has 1 saturated heterocycles. The monoisotopic (exact) mass is 411 g/mol. The molecule has 0 aliphatic carbocycles. The normalized spacial score (nSPS) is 15.0. The third-order valence-corrected chi connectivity index (χ3v) is 5.50. The Morgan fingerprint density at radius 3 is 2.45 bits per heavy atom. The number of fused-ring (bicyclic) bond motifs is 1. The zero-order valence-corrected chi connectivity index (χ0v) is 16.7. The van der Waals surface area contributed by atoms with Gasteiger partial charge in [-0.25, -0.2) is 4.98 Å². The predicted molar refractivity (Wildman–Crippen MR) is 114 cm³/mol. The Labute approximate surface area is 173 Å². The number of primary amides is 1. The van der Waals surface area contributed by atoms with E-state index in [9.17, 15) is 9.59 Å². The maximum atomic E-state index is 12.9. The second kappa shape index (κ2) is 8.23. The Kier molecular flexibility index (Phi) is 5.51. The van der Waals surface area contributed by atoms with E-state index in [0.717, 1.165) is 36.9 Å². The number of anilines is 1. The molecule has 8 heteroatoms. The van der Waals surface area contributed by atoms with Gasteiger partial charge in [0.2, 0.25) is 5.91 Å². The number of benzene rings is 2. The quantitative estimate of drug-likeness (QED) is 0.692. The highest BCUT2D eigenvalue weighted by atomic mass is 35.5. The van der Waals surface area contributed by atoms with Gasteiger partial charge in [0.1, 0.15) is 12.4 Å². The maximum Gasteiger partial charge on any atom is 0.261 e. The van der Waals surface area contributed by atoms with Crippen LogP contribution in [0.1, 0.15) is 5.82 Å². The SMILES string of the molecule is NC(=O)Cn1c(CN2CCN(c3ccccc3Cl)CC2)nc2ccccc2c1=O. The van der Waals surface area contributed by atoms with E-state index < -0.39 is 5.91 Å². The number of rotatable bonds is 5. The molecule has 2 N–H and O–H groups in total. The van der Waals surface area contributed by atoms with Gasteiger partial charge in [-0.2, -0.15) is 0 Å². The van der Waals surface area contributed by atoms with Gasteiger partial charge in [-0.05, 0) is 24.3 Å². The van der Waals surface area contributed by atoms with Crippen molar-refractivity contribution in [2.75, 3.05) is 31.1 Å². The Morgan fingerprint density at radius 1 is 1.03 bits per heavy atom. The highest BCUT2D eigenvalue weighted by Crippen LogP contribution is 2.26. The number of para-hydroxylation sites is 2. The molecular weight excluding hydrogens is 390 g/mol. The number of halogens is 1. The molecule has 1 aliphatic heterocycles. The lowest BCUT2D eigenvalue weighted by Crippen LogP contribution is -2.47. The number of amides is 1. The molecule has 1 aromatic heterocycles. The molecule has 0 atom stereocenters. The van der Waals surface area contributed by atoms with Crippen LogP contribution in [0.4, 0.5) is 5.69 Å². The van der Waals surface area contributed by atoms with Crippen LogP contribution in [0.2, 0.25) is 5.02 Å². The minimum Gasteiger partial charge on any atom is -0.368 e. The number of hydrogen-bond acceptors (Lipinski definition) is 5. The fourth-order valence-electron chi connectivity index (χ4n) is 3.71. The van der Waals surface area contributed by atoms with Crippen molar-refractivity contribution in [1.82, 2.24) is 14.5 Å². The van der Waals surface area contributed by atoms with Gasteiger partial charge in [0.05, 0.1) is 28.2 Å². The van der Waals surface area contributed by atoms with E-state index >= 15 is 0 Å². The summed E-state index contributed by atoms with van der Waals surface area (Å²) in [5.41, 5.74) is 6.80. The fraction of sp³-hybridized carbons (Fsp3) is 0.286. The first kappa shape index (κ1) is 19.4. The molecule has 0 spiro atoms. The Hall–Kier alpha value is -2.90. The largest absolute Gasteiger partial charge is 0.368 e. The van der Waals surface area contributed by atoms with E-state index in [1.165, 1.54) is 4.57 Å². The van der Waals surface area contributed by atoms with Crippen molar-refractivity contribution in [2.24, 2.45) is 5.73 Å². The molecule has 1 fully saturated rings. The van der Waals surface area contributed by atoms with Crippen LogP contribution >= 0.6 is 11.6 Å². The van der Waals surface area contributed by atoms with E-state index in [2.05, 4.69) is 14.8 Å². The molecule has 0 radical (unpaired) electrons. The van der Waals surface area contributed by atoms with Gasteiger partial charge < -0.3 is 10.6 Å².